The molecule has 0 spiro atoms. The zero-order valence-electron chi connectivity index (χ0n) is 15.3. The van der Waals surface area contributed by atoms with E-state index in [4.69, 9.17) is 16.3 Å². The molecule has 6 nitrogen and oxygen atoms in total. The summed E-state index contributed by atoms with van der Waals surface area (Å²) in [5, 5.41) is 2.95. The highest BCUT2D eigenvalue weighted by molar-refractivity contribution is 6.30. The van der Waals surface area contributed by atoms with Crippen molar-refractivity contribution in [1.82, 2.24) is 10.2 Å². The Kier molecular flexibility index (Phi) is 4.81. The van der Waals surface area contributed by atoms with Crippen molar-refractivity contribution in [2.45, 2.75) is 39.0 Å². The van der Waals surface area contributed by atoms with Gasteiger partial charge in [-0.05, 0) is 48.7 Å². The van der Waals surface area contributed by atoms with Crippen LogP contribution in [0.3, 0.4) is 0 Å². The van der Waals surface area contributed by atoms with Gasteiger partial charge in [-0.2, -0.15) is 0 Å². The highest BCUT2D eigenvalue weighted by Crippen LogP contribution is 2.34. The topological polar surface area (TPSA) is 75.7 Å². The van der Waals surface area contributed by atoms with Crippen LogP contribution in [0.15, 0.2) is 36.4 Å². The molecule has 144 valence electrons. The van der Waals surface area contributed by atoms with E-state index in [1.807, 2.05) is 31.2 Å². The van der Waals surface area contributed by atoms with Crippen LogP contribution in [0.25, 0.3) is 0 Å². The quantitative estimate of drug-likeness (QED) is 0.803. The number of benzene rings is 2. The van der Waals surface area contributed by atoms with Crippen LogP contribution in [0, 0.1) is 6.92 Å². The Bertz CT molecular complexity index is 988. The molecule has 2 heterocycles. The summed E-state index contributed by atoms with van der Waals surface area (Å²) in [6.45, 7) is 2.60. The maximum Gasteiger partial charge on any atom is 0.255 e. The van der Waals surface area contributed by atoms with Gasteiger partial charge in [0.05, 0.1) is 6.54 Å². The predicted molar refractivity (Wildman–Crippen MR) is 103 cm³/mol. The van der Waals surface area contributed by atoms with Gasteiger partial charge in [0.25, 0.3) is 5.91 Å². The molecule has 0 aliphatic carbocycles. The van der Waals surface area contributed by atoms with Gasteiger partial charge in [-0.1, -0.05) is 23.7 Å². The molecule has 1 unspecified atom stereocenters. The van der Waals surface area contributed by atoms with Gasteiger partial charge in [-0.15, -0.1) is 0 Å². The van der Waals surface area contributed by atoms with E-state index in [1.165, 1.54) is 4.90 Å². The van der Waals surface area contributed by atoms with Crippen LogP contribution >= 0.6 is 11.6 Å². The lowest BCUT2D eigenvalue weighted by Crippen LogP contribution is -2.52. The molecule has 0 aromatic heterocycles. The number of carbonyl (C=O) groups excluding carboxylic acids is 3. The number of halogens is 1. The van der Waals surface area contributed by atoms with Crippen LogP contribution < -0.4 is 10.1 Å². The van der Waals surface area contributed by atoms with Crippen LogP contribution in [-0.4, -0.2) is 28.7 Å². The normalized spacial score (nSPS) is 18.9. The van der Waals surface area contributed by atoms with Crippen molar-refractivity contribution in [3.63, 3.8) is 0 Å². The van der Waals surface area contributed by atoms with Gasteiger partial charge in [-0.3, -0.25) is 19.7 Å². The van der Waals surface area contributed by atoms with E-state index in [2.05, 4.69) is 5.32 Å². The Labute approximate surface area is 167 Å². The minimum absolute atomic E-state index is 0.214. The summed E-state index contributed by atoms with van der Waals surface area (Å²) in [7, 11) is 0. The summed E-state index contributed by atoms with van der Waals surface area (Å²) in [6, 6.07) is 10.3. The maximum absolute atomic E-state index is 12.8. The van der Waals surface area contributed by atoms with Gasteiger partial charge in [0, 0.05) is 22.6 Å². The molecule has 0 radical (unpaired) electrons. The fourth-order valence-corrected chi connectivity index (χ4v) is 3.84. The molecule has 3 amide bonds. The Balaban J connectivity index is 1.55. The van der Waals surface area contributed by atoms with E-state index in [-0.39, 0.29) is 24.8 Å². The zero-order chi connectivity index (χ0) is 19.8. The molecule has 1 N–H and O–H groups in total. The average molecular weight is 399 g/mol. The predicted octanol–water partition coefficient (Wildman–Crippen LogP) is 2.99. The van der Waals surface area contributed by atoms with Crippen LogP contribution in [0.2, 0.25) is 5.02 Å². The second-order valence-corrected chi connectivity index (χ2v) is 7.48. The van der Waals surface area contributed by atoms with Crippen LogP contribution in [0.5, 0.6) is 5.75 Å². The minimum atomic E-state index is -0.638. The van der Waals surface area contributed by atoms with E-state index < -0.39 is 11.9 Å². The summed E-state index contributed by atoms with van der Waals surface area (Å²) in [4.78, 5) is 37.9. The third-order valence-electron chi connectivity index (χ3n) is 5.23. The van der Waals surface area contributed by atoms with Gasteiger partial charge < -0.3 is 9.64 Å². The number of imide groups is 1. The Morgan fingerprint density at radius 1 is 1.21 bits per heavy atom. The molecule has 1 saturated heterocycles. The molecule has 28 heavy (non-hydrogen) atoms. The molecule has 0 bridgehead atoms. The number of hydrogen-bond acceptors (Lipinski definition) is 4. The second-order valence-electron chi connectivity index (χ2n) is 7.04. The molecule has 1 atom stereocenters. The lowest BCUT2D eigenvalue weighted by atomic mass is 10.0. The fourth-order valence-electron chi connectivity index (χ4n) is 3.64. The Hall–Kier alpha value is -2.86. The van der Waals surface area contributed by atoms with Crippen LogP contribution in [0.4, 0.5) is 0 Å². The largest absolute Gasteiger partial charge is 0.489 e. The van der Waals surface area contributed by atoms with Gasteiger partial charge in [0.15, 0.2) is 0 Å². The number of fused-ring (bicyclic) bond motifs is 1. The number of rotatable bonds is 4. The van der Waals surface area contributed by atoms with Gasteiger partial charge >= 0.3 is 0 Å². The molecule has 2 aliphatic heterocycles. The SMILES string of the molecule is Cc1ccc(Cl)cc1COc1cccc2c1CN(C1CCC(=O)NC1=O)C2=O. The van der Waals surface area contributed by atoms with Crippen molar-refractivity contribution in [1.29, 1.82) is 0 Å². The monoisotopic (exact) mass is 398 g/mol. The number of nitrogens with zero attached hydrogens (tertiary/aromatic N) is 1. The number of carbonyl (C=O) groups is 3. The van der Waals surface area contributed by atoms with Crippen molar-refractivity contribution in [3.8, 4) is 5.75 Å². The molecule has 2 aromatic carbocycles. The molecule has 2 aromatic rings. The Morgan fingerprint density at radius 2 is 2.04 bits per heavy atom. The third kappa shape index (κ3) is 3.36. The van der Waals surface area contributed by atoms with Crippen LogP contribution in [0.1, 0.15) is 39.9 Å². The maximum atomic E-state index is 12.8. The zero-order valence-corrected chi connectivity index (χ0v) is 16.1. The van der Waals surface area contributed by atoms with Crippen molar-refractivity contribution in [3.05, 3.63) is 63.7 Å². The van der Waals surface area contributed by atoms with Crippen molar-refractivity contribution in [2.75, 3.05) is 0 Å². The number of nitrogens with one attached hydrogen (secondary N) is 1. The smallest absolute Gasteiger partial charge is 0.255 e. The van der Waals surface area contributed by atoms with Crippen molar-refractivity contribution in [2.24, 2.45) is 0 Å². The third-order valence-corrected chi connectivity index (χ3v) is 5.47. The number of aryl methyl sites for hydroxylation is 1. The molecule has 2 aliphatic rings. The van der Waals surface area contributed by atoms with Crippen molar-refractivity contribution >= 4 is 29.3 Å². The summed E-state index contributed by atoms with van der Waals surface area (Å²) in [5.41, 5.74) is 3.33. The lowest BCUT2D eigenvalue weighted by Gasteiger charge is -2.29. The van der Waals surface area contributed by atoms with E-state index in [0.29, 0.717) is 29.4 Å². The summed E-state index contributed by atoms with van der Waals surface area (Å²) >= 11 is 6.07. The molecule has 7 heteroatoms. The van der Waals surface area contributed by atoms with Gasteiger partial charge in [-0.25, -0.2) is 0 Å². The number of amides is 3. The summed E-state index contributed by atoms with van der Waals surface area (Å²) in [5.74, 6) is -0.324. The number of piperidine rings is 1. The summed E-state index contributed by atoms with van der Waals surface area (Å²) < 4.78 is 6.01. The lowest BCUT2D eigenvalue weighted by molar-refractivity contribution is -0.136. The van der Waals surface area contributed by atoms with E-state index in [9.17, 15) is 14.4 Å². The minimum Gasteiger partial charge on any atom is -0.489 e. The second kappa shape index (κ2) is 7.28. The summed E-state index contributed by atoms with van der Waals surface area (Å²) in [6.07, 6.45) is 0.566. The van der Waals surface area contributed by atoms with E-state index >= 15 is 0 Å². The van der Waals surface area contributed by atoms with E-state index in [0.717, 1.165) is 16.7 Å². The standard InChI is InChI=1S/C21H19ClN2O4/c1-12-5-6-14(22)9-13(12)11-28-18-4-2-3-15-16(18)10-24(21(15)27)17-7-8-19(25)23-20(17)26/h2-6,9,17H,7-8,10-11H2,1H3,(H,23,25,26). The van der Waals surface area contributed by atoms with Gasteiger partial charge in [0.1, 0.15) is 18.4 Å². The molecular formula is C21H19ClN2O4. The first-order valence-corrected chi connectivity index (χ1v) is 9.46. The number of ether oxygens (including phenoxy) is 1. The fraction of sp³-hybridized carbons (Fsp3) is 0.286. The Morgan fingerprint density at radius 3 is 2.82 bits per heavy atom. The van der Waals surface area contributed by atoms with Crippen LogP contribution in [-0.2, 0) is 22.7 Å². The van der Waals surface area contributed by atoms with E-state index in [1.54, 1.807) is 12.1 Å². The molecular weight excluding hydrogens is 380 g/mol. The first-order chi connectivity index (χ1) is 13.4. The van der Waals surface area contributed by atoms with Gasteiger partial charge in [0.2, 0.25) is 11.8 Å². The first-order valence-electron chi connectivity index (χ1n) is 9.08. The average Bonchev–Trinajstić information content (AvgIpc) is 3.00. The number of hydrogen-bond donors (Lipinski definition) is 1. The highest BCUT2D eigenvalue weighted by atomic mass is 35.5. The molecule has 1 fully saturated rings. The first kappa shape index (κ1) is 18.5. The molecule has 4 rings (SSSR count). The molecule has 0 saturated carbocycles. The van der Waals surface area contributed by atoms with Crippen molar-refractivity contribution < 1.29 is 19.1 Å². The highest BCUT2D eigenvalue weighted by Gasteiger charge is 2.40.